The molecule has 2 N–H and O–H groups in total. The molecule has 0 heterocycles. The Labute approximate surface area is 169 Å². The Morgan fingerprint density at radius 1 is 1.36 bits per heavy atom. The van der Waals surface area contributed by atoms with Gasteiger partial charge in [-0.3, -0.25) is 14.9 Å². The molecule has 148 valence electrons. The fourth-order valence-corrected chi connectivity index (χ4v) is 3.21. The number of hydrogen-bond donors (Lipinski definition) is 2. The van der Waals surface area contributed by atoms with Crippen LogP contribution in [0, 0.1) is 24.0 Å². The van der Waals surface area contributed by atoms with Crippen molar-refractivity contribution in [3.05, 3.63) is 55.5 Å². The second-order valence-electron chi connectivity index (χ2n) is 5.82. The minimum atomic E-state index is -0.747. The van der Waals surface area contributed by atoms with Gasteiger partial charge >= 0.3 is 5.69 Å². The number of phenolic OH excluding ortho intramolecular Hbond substituents is 1. The summed E-state index contributed by atoms with van der Waals surface area (Å²) in [5, 5.41) is 24.5. The van der Waals surface area contributed by atoms with Crippen LogP contribution in [0.4, 0.5) is 5.69 Å². The highest BCUT2D eigenvalue weighted by Crippen LogP contribution is 2.36. The molecule has 28 heavy (non-hydrogen) atoms. The predicted octanol–water partition coefficient (Wildman–Crippen LogP) is 3.22. The molecular formula is C18H18BrN3O6. The van der Waals surface area contributed by atoms with E-state index in [2.05, 4.69) is 26.5 Å². The van der Waals surface area contributed by atoms with Gasteiger partial charge in [-0.25, -0.2) is 5.43 Å². The Morgan fingerprint density at radius 3 is 2.68 bits per heavy atom. The summed E-state index contributed by atoms with van der Waals surface area (Å²) in [4.78, 5) is 22.1. The number of methoxy groups -OCH3 is 1. The zero-order chi connectivity index (χ0) is 20.8. The fourth-order valence-electron chi connectivity index (χ4n) is 2.42. The van der Waals surface area contributed by atoms with Crippen LogP contribution < -0.4 is 14.9 Å². The zero-order valence-electron chi connectivity index (χ0n) is 15.4. The maximum absolute atomic E-state index is 11.9. The molecule has 0 unspecified atom stereocenters. The standard InChI is InChI=1S/C18H18BrN3O6/c1-10-4-11(2)18(13(19)5-10)28-9-16(23)21-20-8-12-6-14(22(25)26)17(24)15(7-12)27-3/h4-8,24H,9H2,1-3H3,(H,21,23)/b20-8-. The number of phenols is 1. The molecule has 10 heteroatoms. The van der Waals surface area contributed by atoms with E-state index in [1.807, 2.05) is 26.0 Å². The van der Waals surface area contributed by atoms with Crippen molar-refractivity contribution in [3.63, 3.8) is 0 Å². The molecule has 0 radical (unpaired) electrons. The number of aromatic hydroxyl groups is 1. The van der Waals surface area contributed by atoms with Crippen LogP contribution >= 0.6 is 15.9 Å². The highest BCUT2D eigenvalue weighted by atomic mass is 79.9. The molecule has 0 spiro atoms. The zero-order valence-corrected chi connectivity index (χ0v) is 16.9. The number of amides is 1. The molecule has 9 nitrogen and oxygen atoms in total. The molecule has 0 aliphatic rings. The topological polar surface area (TPSA) is 123 Å². The summed E-state index contributed by atoms with van der Waals surface area (Å²) in [7, 11) is 1.27. The Balaban J connectivity index is 2.02. The molecule has 0 fully saturated rings. The van der Waals surface area contributed by atoms with Gasteiger partial charge in [0.05, 0.1) is 22.7 Å². The van der Waals surface area contributed by atoms with Gasteiger partial charge in [-0.2, -0.15) is 5.10 Å². The predicted molar refractivity (Wildman–Crippen MR) is 106 cm³/mol. The average molecular weight is 452 g/mol. The maximum Gasteiger partial charge on any atom is 0.315 e. The molecule has 1 amide bonds. The lowest BCUT2D eigenvalue weighted by atomic mass is 10.1. The quantitative estimate of drug-likeness (QED) is 0.378. The third kappa shape index (κ3) is 5.19. The first-order chi connectivity index (χ1) is 13.2. The molecule has 0 saturated carbocycles. The van der Waals surface area contributed by atoms with Gasteiger partial charge in [0.2, 0.25) is 5.75 Å². The Kier molecular flexibility index (Phi) is 6.94. The third-order valence-electron chi connectivity index (χ3n) is 3.62. The summed E-state index contributed by atoms with van der Waals surface area (Å²) >= 11 is 3.40. The molecule has 0 aliphatic carbocycles. The summed E-state index contributed by atoms with van der Waals surface area (Å²) in [6, 6.07) is 6.27. The molecule has 2 aromatic carbocycles. The van der Waals surface area contributed by atoms with Gasteiger partial charge < -0.3 is 14.6 Å². The van der Waals surface area contributed by atoms with Gasteiger partial charge in [0, 0.05) is 11.6 Å². The summed E-state index contributed by atoms with van der Waals surface area (Å²) in [6.45, 7) is 3.55. The first-order valence-electron chi connectivity index (χ1n) is 7.99. The normalized spacial score (nSPS) is 10.7. The average Bonchev–Trinajstić information content (AvgIpc) is 2.61. The lowest BCUT2D eigenvalue weighted by Crippen LogP contribution is -2.24. The Bertz CT molecular complexity index is 922. The van der Waals surface area contributed by atoms with Gasteiger partial charge in [0.25, 0.3) is 5.91 Å². The number of aryl methyl sites for hydroxylation is 2. The van der Waals surface area contributed by atoms with Gasteiger partial charge in [-0.1, -0.05) is 6.07 Å². The number of halogens is 1. The number of ether oxygens (including phenoxy) is 2. The van der Waals surface area contributed by atoms with Crippen LogP contribution in [0.25, 0.3) is 0 Å². The summed E-state index contributed by atoms with van der Waals surface area (Å²) in [5.41, 5.74) is 3.94. The first kappa shape index (κ1) is 21.2. The van der Waals surface area contributed by atoms with Crippen molar-refractivity contribution in [1.29, 1.82) is 0 Å². The molecule has 0 bridgehead atoms. The second-order valence-corrected chi connectivity index (χ2v) is 6.68. The van der Waals surface area contributed by atoms with E-state index in [0.717, 1.165) is 21.7 Å². The monoisotopic (exact) mass is 451 g/mol. The van der Waals surface area contributed by atoms with Crippen molar-refractivity contribution in [2.45, 2.75) is 13.8 Å². The number of nitrogens with zero attached hydrogens (tertiary/aromatic N) is 2. The number of rotatable bonds is 7. The van der Waals surface area contributed by atoms with Crippen LogP contribution in [-0.2, 0) is 4.79 Å². The van der Waals surface area contributed by atoms with Crippen molar-refractivity contribution in [3.8, 4) is 17.2 Å². The van der Waals surface area contributed by atoms with Crippen LogP contribution in [0.3, 0.4) is 0 Å². The summed E-state index contributed by atoms with van der Waals surface area (Å²) < 4.78 is 11.1. The van der Waals surface area contributed by atoms with Gasteiger partial charge in [0.1, 0.15) is 5.75 Å². The van der Waals surface area contributed by atoms with E-state index in [9.17, 15) is 20.0 Å². The largest absolute Gasteiger partial charge is 0.500 e. The Hall–Kier alpha value is -3.14. The van der Waals surface area contributed by atoms with Crippen LogP contribution in [0.5, 0.6) is 17.2 Å². The minimum absolute atomic E-state index is 0.0787. The van der Waals surface area contributed by atoms with E-state index in [1.54, 1.807) is 0 Å². The van der Waals surface area contributed by atoms with Gasteiger partial charge in [-0.05, 0) is 53.0 Å². The van der Waals surface area contributed by atoms with Crippen LogP contribution in [0.1, 0.15) is 16.7 Å². The van der Waals surface area contributed by atoms with Crippen molar-refractivity contribution < 1.29 is 24.3 Å². The van der Waals surface area contributed by atoms with Crippen molar-refractivity contribution in [2.75, 3.05) is 13.7 Å². The van der Waals surface area contributed by atoms with E-state index in [1.165, 1.54) is 19.4 Å². The molecule has 0 aliphatic heterocycles. The highest BCUT2D eigenvalue weighted by Gasteiger charge is 2.19. The van der Waals surface area contributed by atoms with E-state index >= 15 is 0 Å². The van der Waals surface area contributed by atoms with Crippen LogP contribution in [0.15, 0.2) is 33.8 Å². The van der Waals surface area contributed by atoms with Crippen LogP contribution in [-0.4, -0.2) is 35.9 Å². The number of nitrogens with one attached hydrogen (secondary N) is 1. The molecule has 2 rings (SSSR count). The van der Waals surface area contributed by atoms with Crippen molar-refractivity contribution in [1.82, 2.24) is 5.43 Å². The summed E-state index contributed by atoms with van der Waals surface area (Å²) in [5.74, 6) is -0.613. The van der Waals surface area contributed by atoms with E-state index in [0.29, 0.717) is 5.75 Å². The van der Waals surface area contributed by atoms with E-state index < -0.39 is 22.3 Å². The van der Waals surface area contributed by atoms with E-state index in [4.69, 9.17) is 9.47 Å². The number of hydrazone groups is 1. The number of nitro groups is 1. The maximum atomic E-state index is 11.9. The lowest BCUT2D eigenvalue weighted by Gasteiger charge is -2.11. The molecule has 0 saturated heterocycles. The summed E-state index contributed by atoms with van der Waals surface area (Å²) in [6.07, 6.45) is 1.19. The number of benzene rings is 2. The second kappa shape index (κ2) is 9.18. The molecular weight excluding hydrogens is 434 g/mol. The third-order valence-corrected chi connectivity index (χ3v) is 4.21. The van der Waals surface area contributed by atoms with Crippen molar-refractivity contribution >= 4 is 33.7 Å². The van der Waals surface area contributed by atoms with Gasteiger partial charge in [-0.15, -0.1) is 0 Å². The lowest BCUT2D eigenvalue weighted by molar-refractivity contribution is -0.386. The minimum Gasteiger partial charge on any atom is -0.500 e. The first-order valence-corrected chi connectivity index (χ1v) is 8.79. The van der Waals surface area contributed by atoms with Crippen LogP contribution in [0.2, 0.25) is 0 Å². The molecule has 0 aromatic heterocycles. The van der Waals surface area contributed by atoms with E-state index in [-0.39, 0.29) is 17.9 Å². The van der Waals surface area contributed by atoms with Crippen molar-refractivity contribution in [2.24, 2.45) is 5.10 Å². The number of carbonyl (C=O) groups is 1. The Morgan fingerprint density at radius 2 is 2.07 bits per heavy atom. The number of nitro benzene ring substituents is 1. The SMILES string of the molecule is COc1cc(/C=N\NC(=O)COc2c(C)cc(C)cc2Br)cc([N+](=O)[O-])c1O. The highest BCUT2D eigenvalue weighted by molar-refractivity contribution is 9.10. The molecule has 2 aromatic rings. The fraction of sp³-hybridized carbons (Fsp3) is 0.222. The number of carbonyl (C=O) groups excluding carboxylic acids is 1. The smallest absolute Gasteiger partial charge is 0.315 e. The van der Waals surface area contributed by atoms with Gasteiger partial charge in [0.15, 0.2) is 12.4 Å². The number of hydrogen-bond acceptors (Lipinski definition) is 7. The molecule has 0 atom stereocenters.